The van der Waals surface area contributed by atoms with E-state index in [1.54, 1.807) is 0 Å². The molecule has 0 aliphatic carbocycles. The molecule has 1 saturated heterocycles. The smallest absolute Gasteiger partial charge is 0.314 e. The summed E-state index contributed by atoms with van der Waals surface area (Å²) in [5, 5.41) is 5.69. The fourth-order valence-corrected chi connectivity index (χ4v) is 2.24. The van der Waals surface area contributed by atoms with Crippen molar-refractivity contribution in [2.24, 2.45) is 5.92 Å². The van der Waals surface area contributed by atoms with E-state index in [1.165, 1.54) is 0 Å². The fourth-order valence-electron chi connectivity index (χ4n) is 2.24. The van der Waals surface area contributed by atoms with Crippen molar-refractivity contribution < 1.29 is 14.3 Å². The third kappa shape index (κ3) is 5.63. The topological polar surface area (TPSA) is 59.6 Å². The van der Waals surface area contributed by atoms with Crippen LogP contribution in [0.15, 0.2) is 24.3 Å². The van der Waals surface area contributed by atoms with Gasteiger partial charge in [-0.05, 0) is 38.0 Å². The predicted molar refractivity (Wildman–Crippen MR) is 81.6 cm³/mol. The van der Waals surface area contributed by atoms with Crippen molar-refractivity contribution in [3.63, 3.8) is 0 Å². The summed E-state index contributed by atoms with van der Waals surface area (Å²) in [6.45, 7) is 6.64. The zero-order valence-corrected chi connectivity index (χ0v) is 12.7. The monoisotopic (exact) mass is 292 g/mol. The highest BCUT2D eigenvalue weighted by Crippen LogP contribution is 2.14. The van der Waals surface area contributed by atoms with E-state index in [0.29, 0.717) is 19.0 Å². The van der Waals surface area contributed by atoms with Gasteiger partial charge in [0.1, 0.15) is 11.9 Å². The first kappa shape index (κ1) is 15.6. The maximum atomic E-state index is 11.7. The Kier molecular flexibility index (Phi) is 5.87. The van der Waals surface area contributed by atoms with Crippen molar-refractivity contribution in [1.82, 2.24) is 10.6 Å². The number of rotatable bonds is 6. The quantitative estimate of drug-likeness (QED) is 0.844. The second-order valence-electron chi connectivity index (χ2n) is 5.57. The zero-order chi connectivity index (χ0) is 15.1. The Morgan fingerprint density at radius 1 is 1.48 bits per heavy atom. The van der Waals surface area contributed by atoms with Crippen LogP contribution in [0.4, 0.5) is 4.79 Å². The average molecular weight is 292 g/mol. The number of amides is 2. The molecule has 1 fully saturated rings. The predicted octanol–water partition coefficient (Wildman–Crippen LogP) is 2.10. The van der Waals surface area contributed by atoms with Crippen LogP contribution in [0.5, 0.6) is 5.75 Å². The molecule has 2 amide bonds. The lowest BCUT2D eigenvalue weighted by molar-refractivity contribution is 0.184. The number of aryl methyl sites for hydroxylation is 1. The van der Waals surface area contributed by atoms with Gasteiger partial charge in [0, 0.05) is 19.1 Å². The Morgan fingerprint density at radius 3 is 3.05 bits per heavy atom. The SMILES string of the molecule is Cc1cccc(OC(C)CNC(=O)NCC2CCOC2)c1. The van der Waals surface area contributed by atoms with Crippen molar-refractivity contribution in [3.05, 3.63) is 29.8 Å². The molecule has 2 N–H and O–H groups in total. The maximum absolute atomic E-state index is 11.7. The number of nitrogens with one attached hydrogen (secondary N) is 2. The van der Waals surface area contributed by atoms with Crippen molar-refractivity contribution in [2.45, 2.75) is 26.4 Å². The second kappa shape index (κ2) is 7.88. The number of carbonyl (C=O) groups is 1. The molecule has 0 spiro atoms. The Hall–Kier alpha value is -1.75. The van der Waals surface area contributed by atoms with E-state index in [4.69, 9.17) is 9.47 Å². The zero-order valence-electron chi connectivity index (χ0n) is 12.7. The van der Waals surface area contributed by atoms with Crippen LogP contribution in [0.25, 0.3) is 0 Å². The molecule has 1 aromatic rings. The molecular formula is C16H24N2O3. The van der Waals surface area contributed by atoms with Crippen LogP contribution in [0.2, 0.25) is 0 Å². The maximum Gasteiger partial charge on any atom is 0.314 e. The third-order valence-electron chi connectivity index (χ3n) is 3.45. The highest BCUT2D eigenvalue weighted by atomic mass is 16.5. The van der Waals surface area contributed by atoms with Gasteiger partial charge in [-0.15, -0.1) is 0 Å². The number of ether oxygens (including phenoxy) is 2. The molecule has 0 bridgehead atoms. The summed E-state index contributed by atoms with van der Waals surface area (Å²) in [7, 11) is 0. The Labute approximate surface area is 126 Å². The van der Waals surface area contributed by atoms with Crippen molar-refractivity contribution in [1.29, 1.82) is 0 Å². The normalized spacial score (nSPS) is 19.0. The highest BCUT2D eigenvalue weighted by molar-refractivity contribution is 5.73. The molecule has 2 unspecified atom stereocenters. The minimum Gasteiger partial charge on any atom is -0.489 e. The largest absolute Gasteiger partial charge is 0.489 e. The lowest BCUT2D eigenvalue weighted by atomic mass is 10.1. The van der Waals surface area contributed by atoms with Gasteiger partial charge >= 0.3 is 6.03 Å². The summed E-state index contributed by atoms with van der Waals surface area (Å²) < 4.78 is 11.0. The van der Waals surface area contributed by atoms with E-state index in [0.717, 1.165) is 30.9 Å². The van der Waals surface area contributed by atoms with Crippen LogP contribution in [0.1, 0.15) is 18.9 Å². The average Bonchev–Trinajstić information content (AvgIpc) is 2.96. The summed E-state index contributed by atoms with van der Waals surface area (Å²) >= 11 is 0. The number of carbonyl (C=O) groups excluding carboxylic acids is 1. The molecule has 21 heavy (non-hydrogen) atoms. The van der Waals surface area contributed by atoms with Crippen molar-refractivity contribution in [3.8, 4) is 5.75 Å². The molecule has 1 heterocycles. The van der Waals surface area contributed by atoms with Gasteiger partial charge in [-0.1, -0.05) is 12.1 Å². The van der Waals surface area contributed by atoms with E-state index in [9.17, 15) is 4.79 Å². The van der Waals surface area contributed by atoms with Crippen molar-refractivity contribution >= 4 is 6.03 Å². The molecule has 2 rings (SSSR count). The van der Waals surface area contributed by atoms with E-state index in [-0.39, 0.29) is 12.1 Å². The van der Waals surface area contributed by atoms with E-state index in [1.807, 2.05) is 38.1 Å². The van der Waals surface area contributed by atoms with Gasteiger partial charge in [0.05, 0.1) is 13.2 Å². The van der Waals surface area contributed by atoms with E-state index >= 15 is 0 Å². The summed E-state index contributed by atoms with van der Waals surface area (Å²) in [5.74, 6) is 1.27. The lowest BCUT2D eigenvalue weighted by Crippen LogP contribution is -2.42. The van der Waals surface area contributed by atoms with Gasteiger partial charge in [-0.25, -0.2) is 4.79 Å². The van der Waals surface area contributed by atoms with Gasteiger partial charge in [0.25, 0.3) is 0 Å². The van der Waals surface area contributed by atoms with Crippen LogP contribution in [0.3, 0.4) is 0 Å². The molecule has 1 aliphatic heterocycles. The summed E-state index contributed by atoms with van der Waals surface area (Å²) in [6, 6.07) is 7.74. The summed E-state index contributed by atoms with van der Waals surface area (Å²) in [4.78, 5) is 11.7. The first-order valence-corrected chi connectivity index (χ1v) is 7.46. The standard InChI is InChI=1S/C16H24N2O3/c1-12-4-3-5-15(8-12)21-13(2)9-17-16(19)18-10-14-6-7-20-11-14/h3-5,8,13-14H,6-7,9-11H2,1-2H3,(H2,17,18,19). The Morgan fingerprint density at radius 2 is 2.33 bits per heavy atom. The van der Waals surface area contributed by atoms with Crippen LogP contribution in [-0.2, 0) is 4.74 Å². The molecule has 1 aromatic carbocycles. The van der Waals surface area contributed by atoms with Gasteiger partial charge in [-0.3, -0.25) is 0 Å². The lowest BCUT2D eigenvalue weighted by Gasteiger charge is -2.16. The van der Waals surface area contributed by atoms with Gasteiger partial charge in [-0.2, -0.15) is 0 Å². The molecule has 0 aromatic heterocycles. The first-order valence-electron chi connectivity index (χ1n) is 7.46. The van der Waals surface area contributed by atoms with Gasteiger partial charge < -0.3 is 20.1 Å². The third-order valence-corrected chi connectivity index (χ3v) is 3.45. The Balaban J connectivity index is 1.63. The molecule has 5 heteroatoms. The summed E-state index contributed by atoms with van der Waals surface area (Å²) in [6.07, 6.45) is 0.944. The number of hydrogen-bond acceptors (Lipinski definition) is 3. The minimum absolute atomic E-state index is 0.0765. The first-order chi connectivity index (χ1) is 10.1. The molecule has 1 aliphatic rings. The number of benzene rings is 1. The fraction of sp³-hybridized carbons (Fsp3) is 0.562. The Bertz CT molecular complexity index is 459. The molecule has 0 saturated carbocycles. The molecule has 116 valence electrons. The molecule has 2 atom stereocenters. The summed E-state index contributed by atoms with van der Waals surface area (Å²) in [5.41, 5.74) is 1.16. The van der Waals surface area contributed by atoms with Crippen LogP contribution >= 0.6 is 0 Å². The molecular weight excluding hydrogens is 268 g/mol. The van der Waals surface area contributed by atoms with Gasteiger partial charge in [0.2, 0.25) is 0 Å². The van der Waals surface area contributed by atoms with Crippen LogP contribution < -0.4 is 15.4 Å². The van der Waals surface area contributed by atoms with E-state index < -0.39 is 0 Å². The van der Waals surface area contributed by atoms with Crippen molar-refractivity contribution in [2.75, 3.05) is 26.3 Å². The van der Waals surface area contributed by atoms with Crippen LogP contribution in [0, 0.1) is 12.8 Å². The molecule has 0 radical (unpaired) electrons. The van der Waals surface area contributed by atoms with Gasteiger partial charge in [0.15, 0.2) is 0 Å². The molecule has 5 nitrogen and oxygen atoms in total. The second-order valence-corrected chi connectivity index (χ2v) is 5.57. The van der Waals surface area contributed by atoms with Crippen LogP contribution in [-0.4, -0.2) is 38.4 Å². The minimum atomic E-state index is -0.151. The van der Waals surface area contributed by atoms with E-state index in [2.05, 4.69) is 10.6 Å². The number of urea groups is 1. The highest BCUT2D eigenvalue weighted by Gasteiger charge is 2.16. The number of hydrogen-bond donors (Lipinski definition) is 2.